The van der Waals surface area contributed by atoms with Gasteiger partial charge in [0.15, 0.2) is 0 Å². The minimum Gasteiger partial charge on any atom is -0.459 e. The van der Waals surface area contributed by atoms with Crippen molar-refractivity contribution >= 4 is 17.9 Å². The van der Waals surface area contributed by atoms with Crippen LogP contribution >= 0.6 is 0 Å². The van der Waals surface area contributed by atoms with Crippen LogP contribution in [0.15, 0.2) is 0 Å². The van der Waals surface area contributed by atoms with Crippen molar-refractivity contribution in [1.29, 1.82) is 0 Å². The van der Waals surface area contributed by atoms with Crippen molar-refractivity contribution in [3.05, 3.63) is 0 Å². The number of hydrogen-bond acceptors (Lipinski definition) is 6. The number of hydrogen-bond donors (Lipinski definition) is 0. The summed E-state index contributed by atoms with van der Waals surface area (Å²) in [5, 5.41) is 0. The van der Waals surface area contributed by atoms with Crippen LogP contribution in [0.3, 0.4) is 0 Å². The molecule has 6 rings (SSSR count). The third-order valence-electron chi connectivity index (χ3n) is 10.3. The van der Waals surface area contributed by atoms with E-state index < -0.39 is 23.5 Å². The third kappa shape index (κ3) is 2.78. The fraction of sp³-hybridized carbons (Fsp3) is 0.880. The molecule has 5 saturated carbocycles. The van der Waals surface area contributed by atoms with Crippen molar-refractivity contribution < 1.29 is 28.6 Å². The van der Waals surface area contributed by atoms with Gasteiger partial charge < -0.3 is 14.2 Å². The molecule has 1 saturated heterocycles. The fourth-order valence-electron chi connectivity index (χ4n) is 8.44. The van der Waals surface area contributed by atoms with E-state index in [1.54, 1.807) is 0 Å². The molecule has 0 aromatic carbocycles. The summed E-state index contributed by atoms with van der Waals surface area (Å²) >= 11 is 0. The molecule has 0 amide bonds. The summed E-state index contributed by atoms with van der Waals surface area (Å²) in [5.41, 5.74) is -0.428. The first-order valence-corrected chi connectivity index (χ1v) is 12.4. The maximum Gasteiger partial charge on any atom is 0.310 e. The fourth-order valence-corrected chi connectivity index (χ4v) is 8.44. The molecule has 6 heteroatoms. The second-order valence-corrected chi connectivity index (χ2v) is 11.7. The zero-order valence-electron chi connectivity index (χ0n) is 18.8. The Morgan fingerprint density at radius 3 is 2.39 bits per heavy atom. The molecule has 11 unspecified atom stereocenters. The van der Waals surface area contributed by atoms with Gasteiger partial charge in [-0.05, 0) is 75.5 Å². The highest BCUT2D eigenvalue weighted by molar-refractivity contribution is 5.86. The quantitative estimate of drug-likeness (QED) is 0.502. The van der Waals surface area contributed by atoms with Gasteiger partial charge in [-0.25, -0.2) is 0 Å². The standard InChI is InChI=1S/C25H34O6/c1-11-12(2)14-8-13(11)9-15(14)22(26)29-20-17-10-16-18(23(27)30-21(16)20)19(17)24(28)31-25(3)6-4-5-7-25/h11-21H,4-10H2,1-3H3. The zero-order valence-corrected chi connectivity index (χ0v) is 18.8. The molecule has 0 aromatic rings. The smallest absolute Gasteiger partial charge is 0.310 e. The van der Waals surface area contributed by atoms with E-state index in [0.717, 1.165) is 38.5 Å². The van der Waals surface area contributed by atoms with E-state index in [0.29, 0.717) is 30.1 Å². The van der Waals surface area contributed by atoms with Crippen LogP contribution in [0.4, 0.5) is 0 Å². The van der Waals surface area contributed by atoms with E-state index in [-0.39, 0.29) is 41.8 Å². The summed E-state index contributed by atoms with van der Waals surface area (Å²) in [6, 6.07) is 0. The molecular weight excluding hydrogens is 396 g/mol. The molecule has 0 aromatic heterocycles. The maximum absolute atomic E-state index is 13.2. The number of fused-ring (bicyclic) bond motifs is 3. The topological polar surface area (TPSA) is 78.9 Å². The molecule has 0 spiro atoms. The largest absolute Gasteiger partial charge is 0.459 e. The second kappa shape index (κ2) is 6.71. The summed E-state index contributed by atoms with van der Waals surface area (Å²) < 4.78 is 17.7. The van der Waals surface area contributed by atoms with Crippen molar-refractivity contribution in [3.63, 3.8) is 0 Å². The summed E-state index contributed by atoms with van der Waals surface area (Å²) in [6.07, 6.45) is 5.73. The van der Waals surface area contributed by atoms with Gasteiger partial charge in [0.1, 0.15) is 17.8 Å². The number of rotatable bonds is 4. The highest BCUT2D eigenvalue weighted by Gasteiger charge is 2.70. The molecule has 6 fully saturated rings. The summed E-state index contributed by atoms with van der Waals surface area (Å²) in [4.78, 5) is 39.1. The lowest BCUT2D eigenvalue weighted by Crippen LogP contribution is -2.46. The van der Waals surface area contributed by atoms with E-state index in [2.05, 4.69) is 13.8 Å². The first kappa shape index (κ1) is 20.0. The molecule has 170 valence electrons. The van der Waals surface area contributed by atoms with Gasteiger partial charge in [0, 0.05) is 11.8 Å². The van der Waals surface area contributed by atoms with E-state index >= 15 is 0 Å². The van der Waals surface area contributed by atoms with Crippen LogP contribution in [0, 0.1) is 53.3 Å². The van der Waals surface area contributed by atoms with Gasteiger partial charge in [-0.2, -0.15) is 0 Å². The van der Waals surface area contributed by atoms with Crippen molar-refractivity contribution in [3.8, 4) is 0 Å². The summed E-state index contributed by atoms with van der Waals surface area (Å²) in [5.74, 6) is 0.282. The van der Waals surface area contributed by atoms with Crippen LogP contribution in [-0.2, 0) is 28.6 Å². The van der Waals surface area contributed by atoms with Crippen molar-refractivity contribution in [2.24, 2.45) is 53.3 Å². The van der Waals surface area contributed by atoms with E-state index in [4.69, 9.17) is 14.2 Å². The molecule has 0 N–H and O–H groups in total. The van der Waals surface area contributed by atoms with E-state index in [1.807, 2.05) is 6.92 Å². The van der Waals surface area contributed by atoms with Crippen LogP contribution in [0.2, 0.25) is 0 Å². The number of ether oxygens (including phenoxy) is 3. The predicted molar refractivity (Wildman–Crippen MR) is 109 cm³/mol. The first-order chi connectivity index (χ1) is 14.8. The number of esters is 3. The molecule has 4 bridgehead atoms. The van der Waals surface area contributed by atoms with Crippen molar-refractivity contribution in [2.75, 3.05) is 0 Å². The van der Waals surface area contributed by atoms with Gasteiger partial charge in [-0.3, -0.25) is 14.4 Å². The Kier molecular flexibility index (Phi) is 4.34. The lowest BCUT2D eigenvalue weighted by Gasteiger charge is -2.35. The van der Waals surface area contributed by atoms with Gasteiger partial charge >= 0.3 is 17.9 Å². The summed E-state index contributed by atoms with van der Waals surface area (Å²) in [7, 11) is 0. The normalized spacial score (nSPS) is 50.7. The Morgan fingerprint density at radius 2 is 1.71 bits per heavy atom. The number of carbonyl (C=O) groups is 3. The van der Waals surface area contributed by atoms with Gasteiger partial charge in [0.05, 0.1) is 17.8 Å². The predicted octanol–water partition coefficient (Wildman–Crippen LogP) is 3.51. The lowest BCUT2D eigenvalue weighted by atomic mass is 9.75. The van der Waals surface area contributed by atoms with Gasteiger partial charge in [-0.1, -0.05) is 13.8 Å². The maximum atomic E-state index is 13.2. The average Bonchev–Trinajstić information content (AvgIpc) is 3.52. The van der Waals surface area contributed by atoms with Crippen LogP contribution in [-0.4, -0.2) is 35.7 Å². The van der Waals surface area contributed by atoms with Crippen LogP contribution in [0.5, 0.6) is 0 Å². The van der Waals surface area contributed by atoms with Crippen molar-refractivity contribution in [2.45, 2.75) is 83.5 Å². The van der Waals surface area contributed by atoms with Gasteiger partial charge in [0.2, 0.25) is 0 Å². The first-order valence-electron chi connectivity index (χ1n) is 12.4. The molecule has 6 aliphatic rings. The second-order valence-electron chi connectivity index (χ2n) is 11.7. The Bertz CT molecular complexity index is 813. The molecular formula is C25H34O6. The van der Waals surface area contributed by atoms with E-state index in [1.165, 1.54) is 0 Å². The molecule has 1 heterocycles. The van der Waals surface area contributed by atoms with E-state index in [9.17, 15) is 14.4 Å². The highest BCUT2D eigenvalue weighted by atomic mass is 16.6. The molecule has 6 nitrogen and oxygen atoms in total. The van der Waals surface area contributed by atoms with Crippen LogP contribution in [0.1, 0.15) is 65.7 Å². The zero-order chi connectivity index (χ0) is 21.7. The average molecular weight is 431 g/mol. The molecule has 5 aliphatic carbocycles. The Balaban J connectivity index is 1.19. The molecule has 0 radical (unpaired) electrons. The lowest BCUT2D eigenvalue weighted by molar-refractivity contribution is -0.176. The van der Waals surface area contributed by atoms with Crippen LogP contribution in [0.25, 0.3) is 0 Å². The number of carbonyl (C=O) groups excluding carboxylic acids is 3. The minimum absolute atomic E-state index is 0.0248. The SMILES string of the molecule is CC1C2CC(C(=O)OC3C4CC5C3OC(=O)C5C4C(=O)OC3(C)CCCC3)C(C2)C1C. The Hall–Kier alpha value is -1.59. The minimum atomic E-state index is -0.537. The van der Waals surface area contributed by atoms with Gasteiger partial charge in [0.25, 0.3) is 0 Å². The Morgan fingerprint density at radius 1 is 0.968 bits per heavy atom. The molecule has 1 aliphatic heterocycles. The summed E-state index contributed by atoms with van der Waals surface area (Å²) in [6.45, 7) is 6.55. The third-order valence-corrected chi connectivity index (χ3v) is 10.3. The van der Waals surface area contributed by atoms with Gasteiger partial charge in [-0.15, -0.1) is 0 Å². The Labute approximate surface area is 183 Å². The van der Waals surface area contributed by atoms with Crippen molar-refractivity contribution in [1.82, 2.24) is 0 Å². The monoisotopic (exact) mass is 430 g/mol. The van der Waals surface area contributed by atoms with Crippen LogP contribution < -0.4 is 0 Å². The molecule has 11 atom stereocenters. The highest BCUT2D eigenvalue weighted by Crippen LogP contribution is 2.60. The molecule has 31 heavy (non-hydrogen) atoms.